The van der Waals surface area contributed by atoms with Gasteiger partial charge in [-0.1, -0.05) is 23.5 Å². The van der Waals surface area contributed by atoms with E-state index < -0.39 is 0 Å². The third kappa shape index (κ3) is 3.57. The van der Waals surface area contributed by atoms with Crippen LogP contribution in [0.2, 0.25) is 0 Å². The monoisotopic (exact) mass is 335 g/mol. The van der Waals surface area contributed by atoms with Gasteiger partial charge >= 0.3 is 0 Å². The maximum absolute atomic E-state index is 12.6. The first-order valence-corrected chi connectivity index (χ1v) is 8.72. The van der Waals surface area contributed by atoms with E-state index in [9.17, 15) is 4.79 Å². The molecule has 8 heteroatoms. The van der Waals surface area contributed by atoms with E-state index in [1.165, 1.54) is 0 Å². The fourth-order valence-corrected chi connectivity index (χ4v) is 3.44. The third-order valence-corrected chi connectivity index (χ3v) is 4.79. The van der Waals surface area contributed by atoms with Crippen LogP contribution in [-0.4, -0.2) is 43.6 Å². The van der Waals surface area contributed by atoms with Gasteiger partial charge in [-0.15, -0.1) is 5.10 Å². The van der Waals surface area contributed by atoms with Crippen LogP contribution in [0, 0.1) is 12.8 Å². The molecule has 0 N–H and O–H groups in total. The zero-order chi connectivity index (χ0) is 16.4. The van der Waals surface area contributed by atoms with E-state index in [-0.39, 0.29) is 11.8 Å². The Kier molecular flexibility index (Phi) is 4.70. The van der Waals surface area contributed by atoms with Gasteiger partial charge in [0, 0.05) is 19.5 Å². The van der Waals surface area contributed by atoms with E-state index in [4.69, 9.17) is 4.52 Å². The first-order valence-electron chi connectivity index (χ1n) is 7.95. The summed E-state index contributed by atoms with van der Waals surface area (Å²) < 4.78 is 9.28. The summed E-state index contributed by atoms with van der Waals surface area (Å²) in [5.41, 5.74) is 0.694. The van der Waals surface area contributed by atoms with Crippen molar-refractivity contribution in [1.29, 1.82) is 0 Å². The van der Waals surface area contributed by atoms with Crippen LogP contribution in [0.1, 0.15) is 59.7 Å². The molecule has 3 heterocycles. The van der Waals surface area contributed by atoms with Gasteiger partial charge in [0.2, 0.25) is 5.89 Å². The number of nitrogens with zero attached hydrogens (tertiary/aromatic N) is 5. The molecule has 0 unspecified atom stereocenters. The molecule has 1 aliphatic rings. The molecule has 0 aliphatic carbocycles. The van der Waals surface area contributed by atoms with Gasteiger partial charge in [0.1, 0.15) is 4.88 Å². The van der Waals surface area contributed by atoms with Crippen LogP contribution in [-0.2, 0) is 6.42 Å². The molecule has 1 aliphatic heterocycles. The summed E-state index contributed by atoms with van der Waals surface area (Å²) >= 11 is 1.16. The minimum absolute atomic E-state index is 0.00381. The number of amides is 1. The van der Waals surface area contributed by atoms with Crippen molar-refractivity contribution in [2.45, 2.75) is 46.0 Å². The summed E-state index contributed by atoms with van der Waals surface area (Å²) in [7, 11) is 0. The predicted octanol–water partition coefficient (Wildman–Crippen LogP) is 2.45. The molecule has 1 saturated heterocycles. The van der Waals surface area contributed by atoms with Crippen LogP contribution in [0.3, 0.4) is 0 Å². The second-order valence-corrected chi connectivity index (χ2v) is 7.18. The van der Waals surface area contributed by atoms with E-state index >= 15 is 0 Å². The summed E-state index contributed by atoms with van der Waals surface area (Å²) in [6, 6.07) is 0. The summed E-state index contributed by atoms with van der Waals surface area (Å²) in [6.45, 7) is 7.43. The normalized spacial score (nSPS) is 18.6. The molecule has 1 atom stereocenters. The lowest BCUT2D eigenvalue weighted by atomic mass is 9.97. The second-order valence-electron chi connectivity index (χ2n) is 6.42. The van der Waals surface area contributed by atoms with Crippen molar-refractivity contribution in [2.75, 3.05) is 13.1 Å². The van der Waals surface area contributed by atoms with Crippen LogP contribution in [0.4, 0.5) is 0 Å². The SMILES string of the molecule is Cc1nnsc1C(=O)N1CCC[C@H](c2nc(CC(C)C)no2)C1. The van der Waals surface area contributed by atoms with E-state index in [1.807, 2.05) is 11.8 Å². The number of likely N-dealkylation sites (tertiary alicyclic amines) is 1. The Labute approximate surface area is 139 Å². The molecule has 2 aromatic heterocycles. The van der Waals surface area contributed by atoms with Gasteiger partial charge < -0.3 is 9.42 Å². The Hall–Kier alpha value is -1.83. The van der Waals surface area contributed by atoms with E-state index in [2.05, 4.69) is 33.6 Å². The van der Waals surface area contributed by atoms with E-state index in [0.29, 0.717) is 28.9 Å². The Morgan fingerprint density at radius 3 is 3.00 bits per heavy atom. The first kappa shape index (κ1) is 16.0. The molecule has 1 amide bonds. The summed E-state index contributed by atoms with van der Waals surface area (Å²) in [4.78, 5) is 19.6. The molecule has 0 aromatic carbocycles. The van der Waals surface area contributed by atoms with E-state index in [0.717, 1.165) is 43.2 Å². The Morgan fingerprint density at radius 1 is 1.48 bits per heavy atom. The molecule has 0 bridgehead atoms. The second kappa shape index (κ2) is 6.74. The highest BCUT2D eigenvalue weighted by atomic mass is 32.1. The number of carbonyl (C=O) groups is 1. The quantitative estimate of drug-likeness (QED) is 0.853. The van der Waals surface area contributed by atoms with Crippen molar-refractivity contribution in [3.05, 3.63) is 22.3 Å². The molecule has 0 spiro atoms. The van der Waals surface area contributed by atoms with Gasteiger partial charge in [-0.25, -0.2) is 0 Å². The van der Waals surface area contributed by atoms with Crippen molar-refractivity contribution >= 4 is 17.4 Å². The van der Waals surface area contributed by atoms with Crippen molar-refractivity contribution in [3.8, 4) is 0 Å². The van der Waals surface area contributed by atoms with Gasteiger partial charge in [-0.2, -0.15) is 4.98 Å². The highest BCUT2D eigenvalue weighted by Crippen LogP contribution is 2.27. The topological polar surface area (TPSA) is 85.0 Å². The molecule has 3 rings (SSSR count). The number of rotatable bonds is 4. The summed E-state index contributed by atoms with van der Waals surface area (Å²) in [5, 5.41) is 7.98. The maximum atomic E-state index is 12.6. The fourth-order valence-electron chi connectivity index (χ4n) is 2.82. The average molecular weight is 335 g/mol. The summed E-state index contributed by atoms with van der Waals surface area (Å²) in [6.07, 6.45) is 2.71. The van der Waals surface area contributed by atoms with Gasteiger partial charge in [0.15, 0.2) is 5.82 Å². The van der Waals surface area contributed by atoms with Crippen molar-refractivity contribution < 1.29 is 9.32 Å². The van der Waals surface area contributed by atoms with Crippen molar-refractivity contribution in [3.63, 3.8) is 0 Å². The van der Waals surface area contributed by atoms with Crippen LogP contribution in [0.25, 0.3) is 0 Å². The highest BCUT2D eigenvalue weighted by Gasteiger charge is 2.30. The molecule has 124 valence electrons. The van der Waals surface area contributed by atoms with Gasteiger partial charge in [-0.05, 0) is 37.2 Å². The number of piperidine rings is 1. The molecule has 7 nitrogen and oxygen atoms in total. The van der Waals surface area contributed by atoms with Crippen molar-refractivity contribution in [2.24, 2.45) is 5.92 Å². The smallest absolute Gasteiger partial charge is 0.267 e. The lowest BCUT2D eigenvalue weighted by molar-refractivity contribution is 0.0699. The predicted molar refractivity (Wildman–Crippen MR) is 85.4 cm³/mol. The Morgan fingerprint density at radius 2 is 2.30 bits per heavy atom. The molecular formula is C15H21N5O2S. The van der Waals surface area contributed by atoms with Crippen LogP contribution < -0.4 is 0 Å². The van der Waals surface area contributed by atoms with Crippen LogP contribution in [0.5, 0.6) is 0 Å². The maximum Gasteiger partial charge on any atom is 0.267 e. The van der Waals surface area contributed by atoms with Crippen molar-refractivity contribution in [1.82, 2.24) is 24.6 Å². The summed E-state index contributed by atoms with van der Waals surface area (Å²) in [5.74, 6) is 2.01. The van der Waals surface area contributed by atoms with Gasteiger partial charge in [0.25, 0.3) is 5.91 Å². The van der Waals surface area contributed by atoms with Crippen LogP contribution >= 0.6 is 11.5 Å². The largest absolute Gasteiger partial charge is 0.339 e. The first-order chi connectivity index (χ1) is 11.0. The minimum atomic E-state index is 0.00381. The molecule has 23 heavy (non-hydrogen) atoms. The fraction of sp³-hybridized carbons (Fsp3) is 0.667. The lowest BCUT2D eigenvalue weighted by Gasteiger charge is -2.30. The number of hydrogen-bond acceptors (Lipinski definition) is 7. The van der Waals surface area contributed by atoms with Gasteiger partial charge in [-0.3, -0.25) is 4.79 Å². The standard InChI is InChI=1S/C15H21N5O2S/c1-9(2)7-12-16-14(22-18-12)11-5-4-6-20(8-11)15(21)13-10(3)17-19-23-13/h9,11H,4-8H2,1-3H3/t11-/m0/s1. The number of aromatic nitrogens is 4. The third-order valence-electron chi connectivity index (χ3n) is 3.98. The minimum Gasteiger partial charge on any atom is -0.339 e. The Balaban J connectivity index is 1.70. The van der Waals surface area contributed by atoms with Crippen LogP contribution in [0.15, 0.2) is 4.52 Å². The number of hydrogen-bond donors (Lipinski definition) is 0. The molecular weight excluding hydrogens is 314 g/mol. The molecule has 2 aromatic rings. The number of aryl methyl sites for hydroxylation is 1. The average Bonchev–Trinajstić information content (AvgIpc) is 3.15. The highest BCUT2D eigenvalue weighted by molar-refractivity contribution is 7.07. The zero-order valence-corrected chi connectivity index (χ0v) is 14.5. The number of carbonyl (C=O) groups excluding carboxylic acids is 1. The molecule has 1 fully saturated rings. The van der Waals surface area contributed by atoms with Gasteiger partial charge in [0.05, 0.1) is 11.6 Å². The molecule has 0 saturated carbocycles. The zero-order valence-electron chi connectivity index (χ0n) is 13.7. The molecule has 0 radical (unpaired) electrons. The lowest BCUT2D eigenvalue weighted by Crippen LogP contribution is -2.39. The Bertz CT molecular complexity index is 681. The van der Waals surface area contributed by atoms with E-state index in [1.54, 1.807) is 0 Å².